The molecule has 0 bridgehead atoms. The number of fused-ring (bicyclic) bond motifs is 1. The molecule has 17 heavy (non-hydrogen) atoms. The number of rotatable bonds is 4. The van der Waals surface area contributed by atoms with Crippen molar-refractivity contribution in [2.75, 3.05) is 6.61 Å². The summed E-state index contributed by atoms with van der Waals surface area (Å²) in [7, 11) is 0. The van der Waals surface area contributed by atoms with Crippen molar-refractivity contribution in [3.8, 4) is 18.1 Å². The number of ketones is 1. The molecule has 0 fully saturated rings. The predicted octanol–water partition coefficient (Wildman–Crippen LogP) is 2.61. The first-order valence-corrected chi connectivity index (χ1v) is 5.98. The predicted molar refractivity (Wildman–Crippen MR) is 66.8 cm³/mol. The fourth-order valence-electron chi connectivity index (χ4n) is 2.10. The van der Waals surface area contributed by atoms with Gasteiger partial charge < -0.3 is 4.74 Å². The molecule has 1 aromatic carbocycles. The average Bonchev–Trinajstić information content (AvgIpc) is 2.38. The van der Waals surface area contributed by atoms with E-state index in [9.17, 15) is 4.79 Å². The molecule has 0 saturated heterocycles. The molecule has 1 aromatic rings. The van der Waals surface area contributed by atoms with Gasteiger partial charge in [0, 0.05) is 12.8 Å². The van der Waals surface area contributed by atoms with Gasteiger partial charge in [0.05, 0.1) is 12.5 Å². The normalized spacial score (nSPS) is 17.7. The summed E-state index contributed by atoms with van der Waals surface area (Å²) in [6.45, 7) is 0.506. The fraction of sp³-hybridized carbons (Fsp3) is 0.400. The molecule has 2 nitrogen and oxygen atoms in total. The van der Waals surface area contributed by atoms with Crippen LogP contribution in [0.2, 0.25) is 0 Å². The topological polar surface area (TPSA) is 26.3 Å². The Hall–Kier alpha value is -1.75. The van der Waals surface area contributed by atoms with Gasteiger partial charge in [-0.1, -0.05) is 18.2 Å². The number of unbranched alkanes of at least 4 members (excludes halogenated alkanes) is 1. The smallest absolute Gasteiger partial charge is 0.139 e. The van der Waals surface area contributed by atoms with Crippen LogP contribution in [0.4, 0.5) is 0 Å². The number of carbonyl (C=O) groups excluding carboxylic acids is 1. The number of hydrogen-bond acceptors (Lipinski definition) is 2. The van der Waals surface area contributed by atoms with Gasteiger partial charge in [-0.25, -0.2) is 0 Å². The Balaban J connectivity index is 1.93. The van der Waals surface area contributed by atoms with Crippen LogP contribution < -0.4 is 4.74 Å². The molecule has 2 heteroatoms. The highest BCUT2D eigenvalue weighted by atomic mass is 16.5. The van der Waals surface area contributed by atoms with E-state index < -0.39 is 0 Å². The van der Waals surface area contributed by atoms with Crippen molar-refractivity contribution >= 4 is 5.78 Å². The largest absolute Gasteiger partial charge is 0.493 e. The van der Waals surface area contributed by atoms with Gasteiger partial charge in [-0.3, -0.25) is 4.79 Å². The van der Waals surface area contributed by atoms with Crippen LogP contribution in [0.25, 0.3) is 0 Å². The molecule has 1 aliphatic rings. The molecule has 1 heterocycles. The molecule has 2 rings (SSSR count). The van der Waals surface area contributed by atoms with Crippen LogP contribution in [0.5, 0.6) is 5.75 Å². The standard InChI is InChI=1S/C15H16O2/c1-2-3-4-8-14(16)13-10-12-7-5-6-9-15(12)17-11-13/h1,5-7,9,13H,3-4,8,10-11H2. The lowest BCUT2D eigenvalue weighted by molar-refractivity contribution is -0.124. The van der Waals surface area contributed by atoms with E-state index in [1.165, 1.54) is 0 Å². The first kappa shape index (κ1) is 11.7. The summed E-state index contributed by atoms with van der Waals surface area (Å²) in [5.41, 5.74) is 1.13. The van der Waals surface area contributed by atoms with Gasteiger partial charge in [0.1, 0.15) is 11.5 Å². The van der Waals surface area contributed by atoms with Gasteiger partial charge in [-0.05, 0) is 24.5 Å². The number of Topliss-reactive ketones (excluding diaryl/α,β-unsaturated/α-hetero) is 1. The third-order valence-electron chi connectivity index (χ3n) is 3.08. The molecule has 1 atom stereocenters. The van der Waals surface area contributed by atoms with Crippen molar-refractivity contribution in [3.05, 3.63) is 29.8 Å². The number of hydrogen-bond donors (Lipinski definition) is 0. The fourth-order valence-corrected chi connectivity index (χ4v) is 2.10. The molecule has 88 valence electrons. The molecule has 0 aliphatic carbocycles. The summed E-state index contributed by atoms with van der Waals surface area (Å²) in [5, 5.41) is 0. The summed E-state index contributed by atoms with van der Waals surface area (Å²) < 4.78 is 5.60. The third-order valence-corrected chi connectivity index (χ3v) is 3.08. The maximum Gasteiger partial charge on any atom is 0.139 e. The Morgan fingerprint density at radius 2 is 2.29 bits per heavy atom. The quantitative estimate of drug-likeness (QED) is 0.585. The highest BCUT2D eigenvalue weighted by Gasteiger charge is 2.24. The van der Waals surface area contributed by atoms with Crippen molar-refractivity contribution in [1.82, 2.24) is 0 Å². The minimum atomic E-state index is 0.00248. The molecular formula is C15H16O2. The van der Waals surface area contributed by atoms with Crippen molar-refractivity contribution in [3.63, 3.8) is 0 Å². The molecular weight excluding hydrogens is 212 g/mol. The van der Waals surface area contributed by atoms with Crippen LogP contribution in [0.3, 0.4) is 0 Å². The van der Waals surface area contributed by atoms with Crippen molar-refractivity contribution < 1.29 is 9.53 Å². The summed E-state index contributed by atoms with van der Waals surface area (Å²) >= 11 is 0. The number of para-hydroxylation sites is 1. The lowest BCUT2D eigenvalue weighted by atomic mass is 9.91. The number of terminal acetylenes is 1. The summed E-state index contributed by atoms with van der Waals surface area (Å²) in [5.74, 6) is 3.75. The van der Waals surface area contributed by atoms with E-state index in [2.05, 4.69) is 5.92 Å². The van der Waals surface area contributed by atoms with E-state index in [0.717, 1.165) is 24.2 Å². The summed E-state index contributed by atoms with van der Waals surface area (Å²) in [4.78, 5) is 11.9. The maximum atomic E-state index is 11.9. The SMILES string of the molecule is C#CCCCC(=O)C1COc2ccccc2C1. The van der Waals surface area contributed by atoms with E-state index in [4.69, 9.17) is 11.2 Å². The zero-order valence-corrected chi connectivity index (χ0v) is 9.82. The van der Waals surface area contributed by atoms with Crippen LogP contribution in [0, 0.1) is 18.3 Å². The Bertz CT molecular complexity index is 442. The van der Waals surface area contributed by atoms with Gasteiger partial charge >= 0.3 is 0 Å². The van der Waals surface area contributed by atoms with E-state index in [-0.39, 0.29) is 11.7 Å². The molecule has 0 aromatic heterocycles. The second kappa shape index (κ2) is 5.54. The molecule has 0 N–H and O–H groups in total. The van der Waals surface area contributed by atoms with E-state index in [0.29, 0.717) is 19.4 Å². The Labute approximate surface area is 102 Å². The lowest BCUT2D eigenvalue weighted by Crippen LogP contribution is -2.28. The Morgan fingerprint density at radius 1 is 1.47 bits per heavy atom. The molecule has 0 amide bonds. The number of benzene rings is 1. The maximum absolute atomic E-state index is 11.9. The Morgan fingerprint density at radius 3 is 3.12 bits per heavy atom. The van der Waals surface area contributed by atoms with Gasteiger partial charge in [0.15, 0.2) is 0 Å². The van der Waals surface area contributed by atoms with Crippen molar-refractivity contribution in [2.24, 2.45) is 5.92 Å². The highest BCUT2D eigenvalue weighted by Crippen LogP contribution is 2.27. The second-order valence-corrected chi connectivity index (χ2v) is 4.34. The zero-order valence-electron chi connectivity index (χ0n) is 9.82. The van der Waals surface area contributed by atoms with Crippen LogP contribution >= 0.6 is 0 Å². The number of ether oxygens (including phenoxy) is 1. The lowest BCUT2D eigenvalue weighted by Gasteiger charge is -2.24. The third kappa shape index (κ3) is 2.88. The van der Waals surface area contributed by atoms with Gasteiger partial charge in [-0.15, -0.1) is 12.3 Å². The number of carbonyl (C=O) groups is 1. The highest BCUT2D eigenvalue weighted by molar-refractivity contribution is 5.81. The Kier molecular flexibility index (Phi) is 3.82. The van der Waals surface area contributed by atoms with Crippen LogP contribution in [-0.4, -0.2) is 12.4 Å². The zero-order chi connectivity index (χ0) is 12.1. The van der Waals surface area contributed by atoms with Crippen LogP contribution in [-0.2, 0) is 11.2 Å². The van der Waals surface area contributed by atoms with Gasteiger partial charge in [-0.2, -0.15) is 0 Å². The van der Waals surface area contributed by atoms with E-state index >= 15 is 0 Å². The second-order valence-electron chi connectivity index (χ2n) is 4.34. The van der Waals surface area contributed by atoms with E-state index in [1.54, 1.807) is 0 Å². The molecule has 1 unspecified atom stereocenters. The first-order chi connectivity index (χ1) is 8.31. The molecule has 1 aliphatic heterocycles. The molecule has 0 radical (unpaired) electrons. The molecule has 0 saturated carbocycles. The summed E-state index contributed by atoms with van der Waals surface area (Å²) in [6, 6.07) is 7.91. The van der Waals surface area contributed by atoms with Crippen LogP contribution in [0.1, 0.15) is 24.8 Å². The minimum Gasteiger partial charge on any atom is -0.493 e. The first-order valence-electron chi connectivity index (χ1n) is 5.98. The van der Waals surface area contributed by atoms with Crippen LogP contribution in [0.15, 0.2) is 24.3 Å². The monoisotopic (exact) mass is 228 g/mol. The molecule has 0 spiro atoms. The van der Waals surface area contributed by atoms with Gasteiger partial charge in [0.2, 0.25) is 0 Å². The minimum absolute atomic E-state index is 0.00248. The van der Waals surface area contributed by atoms with Crippen molar-refractivity contribution in [2.45, 2.75) is 25.7 Å². The van der Waals surface area contributed by atoms with E-state index in [1.807, 2.05) is 24.3 Å². The average molecular weight is 228 g/mol. The van der Waals surface area contributed by atoms with Gasteiger partial charge in [0.25, 0.3) is 0 Å². The van der Waals surface area contributed by atoms with Crippen molar-refractivity contribution in [1.29, 1.82) is 0 Å². The summed E-state index contributed by atoms with van der Waals surface area (Å²) in [6.07, 6.45) is 8.00.